The number of hydrogen-bond acceptors (Lipinski definition) is 3. The second-order valence-corrected chi connectivity index (χ2v) is 5.53. The van der Waals surface area contributed by atoms with Crippen LogP contribution in [0.25, 0.3) is 44.0 Å². The van der Waals surface area contributed by atoms with Crippen LogP contribution in [0.15, 0.2) is 71.3 Å². The molecule has 0 atom stereocenters. The van der Waals surface area contributed by atoms with Crippen molar-refractivity contribution >= 4 is 32.5 Å². The maximum Gasteiger partial charge on any atom is 0.0608 e. The first kappa shape index (κ1) is 15.0. The molecule has 2 heterocycles. The largest absolute Gasteiger partial charge is 0.518 e. The van der Waals surface area contributed by atoms with E-state index >= 15 is 0 Å². The molecule has 1 radical (unpaired) electrons. The van der Waals surface area contributed by atoms with Gasteiger partial charge >= 0.3 is 0 Å². The topological polar surface area (TPSA) is 38.9 Å². The van der Waals surface area contributed by atoms with Gasteiger partial charge in [0.1, 0.15) is 0 Å². The van der Waals surface area contributed by atoms with Crippen molar-refractivity contribution in [3.63, 3.8) is 0 Å². The van der Waals surface area contributed by atoms with Gasteiger partial charge in [0.05, 0.1) is 17.7 Å². The van der Waals surface area contributed by atoms with Gasteiger partial charge in [-0.25, -0.2) is 0 Å². The zero-order valence-electron chi connectivity index (χ0n) is 12.5. The van der Waals surface area contributed by atoms with Gasteiger partial charge in [-0.15, -0.1) is 17.5 Å². The monoisotopic (exact) mass is 488 g/mol. The summed E-state index contributed by atoms with van der Waals surface area (Å²) >= 11 is 0. The number of rotatable bonds is 1. The summed E-state index contributed by atoms with van der Waals surface area (Å²) in [5, 5.41) is 13.8. The van der Waals surface area contributed by atoms with Crippen molar-refractivity contribution in [2.24, 2.45) is 0 Å². The Morgan fingerprint density at radius 2 is 1.58 bits per heavy atom. The van der Waals surface area contributed by atoms with Gasteiger partial charge in [0.15, 0.2) is 0 Å². The van der Waals surface area contributed by atoms with E-state index in [1.165, 1.54) is 10.8 Å². The van der Waals surface area contributed by atoms with E-state index in [1.807, 2.05) is 36.4 Å². The molecule has 0 N–H and O–H groups in total. The predicted octanol–water partition coefficient (Wildman–Crippen LogP) is 4.99. The van der Waals surface area contributed by atoms with Crippen molar-refractivity contribution in [3.8, 4) is 11.5 Å². The smallest absolute Gasteiger partial charge is 0.0608 e. The fraction of sp³-hybridized carbons (Fsp3) is 0. The number of furan rings is 1. The summed E-state index contributed by atoms with van der Waals surface area (Å²) in [6, 6.07) is 23.7. The predicted molar refractivity (Wildman–Crippen MR) is 91.1 cm³/mol. The zero-order valence-corrected chi connectivity index (χ0v) is 14.9. The SMILES string of the molecule is [Ir].[c-]1c(-c2nncc3cc4ccccc4cc23)oc2ccccc12. The third-order valence-electron chi connectivity index (χ3n) is 4.09. The molecule has 0 saturated heterocycles. The molecule has 0 spiro atoms. The Kier molecular flexibility index (Phi) is 3.64. The maximum absolute atomic E-state index is 5.92. The molecular weight excluding hydrogens is 476 g/mol. The van der Waals surface area contributed by atoms with E-state index in [-0.39, 0.29) is 20.1 Å². The Labute approximate surface area is 151 Å². The standard InChI is InChI=1S/C20H11N2O.Ir/c1-2-6-14-10-17-16(9-13(14)5-1)12-21-22-20(17)19-11-15-7-3-4-8-18(15)23-19;/h1-10,12H;/q-1;. The summed E-state index contributed by atoms with van der Waals surface area (Å²) in [5.74, 6) is 0.625. The van der Waals surface area contributed by atoms with Crippen LogP contribution in [0.1, 0.15) is 0 Å². The van der Waals surface area contributed by atoms with Crippen molar-refractivity contribution in [3.05, 3.63) is 72.9 Å². The van der Waals surface area contributed by atoms with Gasteiger partial charge in [-0.05, 0) is 27.6 Å². The van der Waals surface area contributed by atoms with Gasteiger partial charge < -0.3 is 4.42 Å². The third-order valence-corrected chi connectivity index (χ3v) is 4.09. The summed E-state index contributed by atoms with van der Waals surface area (Å²) in [7, 11) is 0. The Hall–Kier alpha value is -2.55. The molecular formula is C20H11IrN2O-. The minimum Gasteiger partial charge on any atom is -0.518 e. The first-order valence-corrected chi connectivity index (χ1v) is 7.44. The number of fused-ring (bicyclic) bond motifs is 3. The molecule has 0 aliphatic carbocycles. The van der Waals surface area contributed by atoms with E-state index < -0.39 is 0 Å². The zero-order chi connectivity index (χ0) is 15.2. The van der Waals surface area contributed by atoms with Crippen LogP contribution in [0.5, 0.6) is 0 Å². The van der Waals surface area contributed by atoms with Gasteiger partial charge in [0, 0.05) is 25.7 Å². The fourth-order valence-corrected chi connectivity index (χ4v) is 2.96. The molecule has 117 valence electrons. The maximum atomic E-state index is 5.92. The van der Waals surface area contributed by atoms with Crippen LogP contribution in [0, 0.1) is 6.07 Å². The Morgan fingerprint density at radius 3 is 2.42 bits per heavy atom. The molecule has 0 fully saturated rings. The van der Waals surface area contributed by atoms with E-state index in [2.05, 4.69) is 40.5 Å². The van der Waals surface area contributed by atoms with Gasteiger partial charge in [-0.3, -0.25) is 0 Å². The van der Waals surface area contributed by atoms with Crippen LogP contribution in [-0.2, 0) is 20.1 Å². The summed E-state index contributed by atoms with van der Waals surface area (Å²) in [4.78, 5) is 0. The van der Waals surface area contributed by atoms with Gasteiger partial charge in [0.25, 0.3) is 0 Å². The second-order valence-electron chi connectivity index (χ2n) is 5.53. The fourth-order valence-electron chi connectivity index (χ4n) is 2.96. The first-order chi connectivity index (χ1) is 11.4. The summed E-state index contributed by atoms with van der Waals surface area (Å²) in [6.07, 6.45) is 1.79. The number of benzene rings is 3. The molecule has 0 aliphatic heterocycles. The van der Waals surface area contributed by atoms with E-state index in [9.17, 15) is 0 Å². The molecule has 5 rings (SSSR count). The van der Waals surface area contributed by atoms with Gasteiger partial charge in [0.2, 0.25) is 0 Å². The van der Waals surface area contributed by atoms with Crippen LogP contribution in [0.2, 0.25) is 0 Å². The molecule has 0 aliphatic rings. The van der Waals surface area contributed by atoms with Crippen molar-refractivity contribution in [2.45, 2.75) is 0 Å². The van der Waals surface area contributed by atoms with Gasteiger partial charge in [-0.1, -0.05) is 48.5 Å². The summed E-state index contributed by atoms with van der Waals surface area (Å²) in [5.41, 5.74) is 1.53. The van der Waals surface area contributed by atoms with Crippen LogP contribution in [0.3, 0.4) is 0 Å². The molecule has 24 heavy (non-hydrogen) atoms. The van der Waals surface area contributed by atoms with Crippen molar-refractivity contribution in [1.29, 1.82) is 0 Å². The minimum atomic E-state index is 0. The molecule has 5 aromatic rings. The van der Waals surface area contributed by atoms with Crippen LogP contribution in [-0.4, -0.2) is 10.2 Å². The van der Waals surface area contributed by atoms with Crippen LogP contribution in [0.4, 0.5) is 0 Å². The summed E-state index contributed by atoms with van der Waals surface area (Å²) < 4.78 is 5.92. The average Bonchev–Trinajstić information content (AvgIpc) is 3.03. The average molecular weight is 488 g/mol. The molecule has 0 amide bonds. The molecule has 0 saturated carbocycles. The molecule has 2 aromatic heterocycles. The van der Waals surface area contributed by atoms with Crippen LogP contribution < -0.4 is 0 Å². The Bertz CT molecular complexity index is 1150. The summed E-state index contributed by atoms with van der Waals surface area (Å²) in [6.45, 7) is 0. The number of hydrogen-bond donors (Lipinski definition) is 0. The molecule has 0 bridgehead atoms. The normalized spacial score (nSPS) is 11.0. The van der Waals surface area contributed by atoms with Gasteiger partial charge in [-0.2, -0.15) is 10.2 Å². The quantitative estimate of drug-likeness (QED) is 0.247. The van der Waals surface area contributed by atoms with Crippen LogP contribution >= 0.6 is 0 Å². The Morgan fingerprint density at radius 1 is 0.833 bits per heavy atom. The number of para-hydroxylation sites is 1. The number of aromatic nitrogens is 2. The molecule has 3 aromatic carbocycles. The number of nitrogens with zero attached hydrogens (tertiary/aromatic N) is 2. The van der Waals surface area contributed by atoms with Crippen molar-refractivity contribution in [1.82, 2.24) is 10.2 Å². The first-order valence-electron chi connectivity index (χ1n) is 7.44. The van der Waals surface area contributed by atoms with Crippen molar-refractivity contribution < 1.29 is 24.5 Å². The molecule has 3 nitrogen and oxygen atoms in total. The van der Waals surface area contributed by atoms with E-state index in [4.69, 9.17) is 4.42 Å². The van der Waals surface area contributed by atoms with E-state index in [1.54, 1.807) is 6.20 Å². The van der Waals surface area contributed by atoms with E-state index in [0.29, 0.717) is 5.76 Å². The van der Waals surface area contributed by atoms with Crippen molar-refractivity contribution in [2.75, 3.05) is 0 Å². The second kappa shape index (κ2) is 5.82. The molecule has 0 unspecified atom stereocenters. The third kappa shape index (κ3) is 2.32. The Balaban J connectivity index is 0.00000146. The minimum absolute atomic E-state index is 0. The van der Waals surface area contributed by atoms with E-state index in [0.717, 1.165) is 27.4 Å². The molecule has 4 heteroatoms.